The first-order valence-electron chi connectivity index (χ1n) is 33.4. The molecule has 0 atom stereocenters. The number of methoxy groups -OCH3 is 3. The lowest BCUT2D eigenvalue weighted by molar-refractivity contribution is -0.284. The van der Waals surface area contributed by atoms with Gasteiger partial charge in [-0.25, -0.2) is 4.39 Å². The van der Waals surface area contributed by atoms with Gasteiger partial charge >= 0.3 is 24.5 Å². The Hall–Kier alpha value is -3.08. The second-order valence-corrected chi connectivity index (χ2v) is 25.5. The van der Waals surface area contributed by atoms with Gasteiger partial charge in [0.2, 0.25) is 0 Å². The molecule has 87 heavy (non-hydrogen) atoms. The molecule has 0 unspecified atom stereocenters. The molecule has 0 spiro atoms. The molecule has 0 saturated heterocycles. The van der Waals surface area contributed by atoms with Gasteiger partial charge in [0.15, 0.2) is 0 Å². The van der Waals surface area contributed by atoms with Crippen molar-refractivity contribution in [2.24, 2.45) is 35.5 Å². The van der Waals surface area contributed by atoms with Crippen molar-refractivity contribution in [3.05, 3.63) is 42.2 Å². The van der Waals surface area contributed by atoms with Gasteiger partial charge in [0.25, 0.3) is 0 Å². The lowest BCUT2D eigenvalue weighted by Gasteiger charge is -2.27. The number of Topliss-reactive ketones (excluding diaryl/α,β-unsaturated/α-hetero) is 2. The van der Waals surface area contributed by atoms with Gasteiger partial charge < -0.3 is 14.2 Å². The molecule has 17 heteroatoms. The van der Waals surface area contributed by atoms with Crippen LogP contribution in [0.5, 0.6) is 5.75 Å². The number of benzene rings is 2. The Bertz CT molecular complexity index is 2000. The molecule has 4 aliphatic carbocycles. The Labute approximate surface area is 517 Å². The van der Waals surface area contributed by atoms with Gasteiger partial charge in [-0.15, -0.1) is 0 Å². The van der Waals surface area contributed by atoms with Crippen molar-refractivity contribution in [3.8, 4) is 5.75 Å². The fourth-order valence-electron chi connectivity index (χ4n) is 12.3. The summed E-state index contributed by atoms with van der Waals surface area (Å²) in [4.78, 5) is 22.5. The predicted molar refractivity (Wildman–Crippen MR) is 330 cm³/mol. The molecule has 508 valence electrons. The Balaban J connectivity index is 0.000000536. The number of halogens is 12. The Morgan fingerprint density at radius 3 is 1.14 bits per heavy atom. The largest absolute Gasteiger partial charge is 0.497 e. The van der Waals surface area contributed by atoms with E-state index in [0.717, 1.165) is 85.6 Å². The van der Waals surface area contributed by atoms with Crippen LogP contribution in [-0.2, 0) is 19.1 Å². The zero-order chi connectivity index (χ0) is 65.3. The van der Waals surface area contributed by atoms with Gasteiger partial charge in [0.05, 0.1) is 19.3 Å². The molecule has 4 aliphatic rings. The third kappa shape index (κ3) is 41.1. The van der Waals surface area contributed by atoms with Crippen molar-refractivity contribution in [2.45, 2.75) is 315 Å². The number of hydrogen-bond acceptors (Lipinski definition) is 5. The number of carbonyl (C=O) groups excluding carboxylic acids is 2. The van der Waals surface area contributed by atoms with E-state index in [9.17, 15) is 62.3 Å². The summed E-state index contributed by atoms with van der Waals surface area (Å²) in [7, 11) is 5.30. The highest BCUT2D eigenvalue weighted by molar-refractivity contribution is 5.83. The molecule has 5 nitrogen and oxygen atoms in total. The summed E-state index contributed by atoms with van der Waals surface area (Å²) in [5, 5.41) is 1.88. The van der Waals surface area contributed by atoms with Gasteiger partial charge in [-0.1, -0.05) is 155 Å². The zero-order valence-electron chi connectivity index (χ0n) is 54.5. The normalized spacial score (nSPS) is 22.5. The molecule has 4 fully saturated rings. The zero-order valence-corrected chi connectivity index (χ0v) is 54.5. The smallest absolute Gasteiger partial charge is 0.453 e. The second-order valence-electron chi connectivity index (χ2n) is 25.5. The van der Waals surface area contributed by atoms with Crippen LogP contribution in [0.3, 0.4) is 0 Å². The van der Waals surface area contributed by atoms with Crippen molar-refractivity contribution in [3.63, 3.8) is 0 Å². The molecule has 0 aliphatic heterocycles. The summed E-state index contributed by atoms with van der Waals surface area (Å²) in [5.74, 6) is 0.746. The van der Waals surface area contributed by atoms with Crippen molar-refractivity contribution < 1.29 is 76.5 Å². The van der Waals surface area contributed by atoms with Gasteiger partial charge in [0, 0.05) is 32.5 Å². The first-order chi connectivity index (χ1) is 41.1. The van der Waals surface area contributed by atoms with Crippen molar-refractivity contribution >= 4 is 22.3 Å². The van der Waals surface area contributed by atoms with Crippen LogP contribution in [0.1, 0.15) is 279 Å². The Kier molecular flexibility index (Phi) is 43.4. The summed E-state index contributed by atoms with van der Waals surface area (Å²) in [6.45, 7) is 10.3. The third-order valence-corrected chi connectivity index (χ3v) is 18.1. The van der Waals surface area contributed by atoms with Crippen LogP contribution in [0.25, 0.3) is 10.8 Å². The number of rotatable bonds is 27. The summed E-state index contributed by atoms with van der Waals surface area (Å²) in [6.07, 6.45) is 25.5. The molecule has 0 amide bonds. The van der Waals surface area contributed by atoms with Gasteiger partial charge in [0.1, 0.15) is 29.6 Å². The molecule has 0 heterocycles. The SMILES string of the molecule is CC(=O)C1CCC(CCCCCCC(F)(F)C(F)(F)F)CC1.CCCCCCCCC1CCC(C(C)=O)CC1.CCCCCCCCCC1CCC(OC)CC1.COC1CCC(C)CC1.COc1ccc2cc(F)ccc2c1.FC(F)(F)CC(F)(F)F. The van der Waals surface area contributed by atoms with E-state index < -0.39 is 37.3 Å². The van der Waals surface area contributed by atoms with Crippen LogP contribution in [0.15, 0.2) is 36.4 Å². The fourth-order valence-corrected chi connectivity index (χ4v) is 12.3. The van der Waals surface area contributed by atoms with Crippen LogP contribution < -0.4 is 4.74 Å². The molecule has 0 N–H and O–H groups in total. The monoisotopic (exact) mass is 1260 g/mol. The first kappa shape index (κ1) is 81.9. The van der Waals surface area contributed by atoms with Crippen LogP contribution in [0.4, 0.5) is 52.7 Å². The minimum atomic E-state index is -5.43. The minimum Gasteiger partial charge on any atom is -0.497 e. The van der Waals surface area contributed by atoms with Gasteiger partial charge in [-0.2, -0.15) is 48.3 Å². The molecule has 0 aromatic heterocycles. The molecule has 2 aromatic carbocycles. The quantitative estimate of drug-likeness (QED) is 0.0659. The number of unbranched alkanes of at least 4 members (excludes halogenated alkanes) is 14. The molecule has 0 bridgehead atoms. The van der Waals surface area contributed by atoms with E-state index in [1.54, 1.807) is 27.0 Å². The number of alkyl halides is 11. The third-order valence-electron chi connectivity index (χ3n) is 18.1. The number of fused-ring (bicyclic) bond motifs is 1. The van der Waals surface area contributed by atoms with Crippen molar-refractivity contribution in [1.29, 1.82) is 0 Å². The number of hydrogen-bond donors (Lipinski definition) is 0. The lowest BCUT2D eigenvalue weighted by Crippen LogP contribution is -2.36. The standard InChI is InChI=1S/C16H25F5O.C16H30O.C16H32O.C11H9FO.C8H16O.C3H2F6/c1-12(22)14-9-7-13(8-10-14)6-4-2-3-5-11-15(17,18)16(19,20)21;1-3-4-5-6-7-8-9-15-10-12-16(13-11-15)14(2)17;1-3-4-5-6-7-8-9-10-15-11-13-16(17-2)14-12-15;1-13-11-5-3-8-6-10(12)4-2-9(8)7-11;1-7-3-5-8(9-2)6-4-7;4-2(5,6)1-3(7,8)9/h13-14H,2-11H2,1H3;15-16H,3-13H2,1-2H3;15-16H,3-14H2,1-2H3;2-7H,1H3;7-8H,3-6H2,1-2H3;1H2. The molecular weight excluding hydrogens is 1150 g/mol. The topological polar surface area (TPSA) is 61.8 Å². The van der Waals surface area contributed by atoms with E-state index in [-0.39, 0.29) is 23.9 Å². The van der Waals surface area contributed by atoms with Crippen molar-refractivity contribution in [1.82, 2.24) is 0 Å². The van der Waals surface area contributed by atoms with E-state index in [1.807, 2.05) is 32.4 Å². The molecule has 2 aromatic rings. The number of ketones is 2. The summed E-state index contributed by atoms with van der Waals surface area (Å²) >= 11 is 0. The minimum absolute atomic E-state index is 0.0937. The number of ether oxygens (including phenoxy) is 3. The maximum atomic E-state index is 12.8. The second kappa shape index (κ2) is 46.1. The fraction of sp³-hybridized carbons (Fsp3) is 0.829. The van der Waals surface area contributed by atoms with Crippen LogP contribution in [-0.4, -0.2) is 69.6 Å². The average Bonchev–Trinajstić information content (AvgIpc) is 3.28. The van der Waals surface area contributed by atoms with E-state index in [2.05, 4.69) is 20.8 Å². The summed E-state index contributed by atoms with van der Waals surface area (Å²) < 4.78 is 155. The van der Waals surface area contributed by atoms with Crippen LogP contribution in [0.2, 0.25) is 0 Å². The molecular formula is C70H114F12O5. The van der Waals surface area contributed by atoms with Crippen LogP contribution in [0, 0.1) is 41.3 Å². The molecule has 6 rings (SSSR count). The van der Waals surface area contributed by atoms with Crippen molar-refractivity contribution in [2.75, 3.05) is 21.3 Å². The summed E-state index contributed by atoms with van der Waals surface area (Å²) in [6, 6.07) is 10.2. The Morgan fingerprint density at radius 2 is 0.793 bits per heavy atom. The maximum absolute atomic E-state index is 12.8. The number of carbonyl (C=O) groups is 2. The predicted octanol–water partition coefficient (Wildman–Crippen LogP) is 24.1. The van der Waals surface area contributed by atoms with E-state index in [1.165, 1.54) is 173 Å². The van der Waals surface area contributed by atoms with Crippen LogP contribution >= 0.6 is 0 Å². The Morgan fingerprint density at radius 1 is 0.448 bits per heavy atom. The highest BCUT2D eigenvalue weighted by Crippen LogP contribution is 2.40. The lowest BCUT2D eigenvalue weighted by atomic mass is 9.78. The van der Waals surface area contributed by atoms with E-state index in [0.29, 0.717) is 42.7 Å². The van der Waals surface area contributed by atoms with Gasteiger partial charge in [-0.05, 0) is 182 Å². The van der Waals surface area contributed by atoms with E-state index >= 15 is 0 Å². The highest BCUT2D eigenvalue weighted by atomic mass is 19.4. The average molecular weight is 1260 g/mol. The molecule has 0 radical (unpaired) electrons. The molecule has 4 saturated carbocycles. The first-order valence-corrected chi connectivity index (χ1v) is 33.4. The highest BCUT2D eigenvalue weighted by Gasteiger charge is 2.56. The van der Waals surface area contributed by atoms with Gasteiger partial charge in [-0.3, -0.25) is 9.59 Å². The maximum Gasteiger partial charge on any atom is 0.453 e. The van der Waals surface area contributed by atoms with E-state index in [4.69, 9.17) is 14.2 Å². The summed E-state index contributed by atoms with van der Waals surface area (Å²) in [5.41, 5.74) is 0.